The van der Waals surface area contributed by atoms with Crippen LogP contribution >= 0.6 is 11.6 Å². The van der Waals surface area contributed by atoms with Crippen molar-refractivity contribution in [2.45, 2.75) is 19.3 Å². The average Bonchev–Trinajstić information content (AvgIpc) is 2.34. The Morgan fingerprint density at radius 1 is 1.29 bits per heavy atom. The Morgan fingerprint density at radius 2 is 2.00 bits per heavy atom. The third-order valence-electron chi connectivity index (χ3n) is 2.71. The zero-order valence-electron chi connectivity index (χ0n) is 9.29. The standard InChI is InChI=1S/C12H13ClFNO2/c13-9-4-5-11(10(14)8-9)17-12(16)15-6-2-1-3-7-15/h4-5,8H,1-3,6-7H2. The number of nitrogens with zero attached hydrogens (tertiary/aromatic N) is 1. The van der Waals surface area contributed by atoms with Crippen molar-refractivity contribution in [3.8, 4) is 5.75 Å². The zero-order chi connectivity index (χ0) is 12.3. The number of ether oxygens (including phenoxy) is 1. The minimum absolute atomic E-state index is 0.0787. The largest absolute Gasteiger partial charge is 0.415 e. The minimum Gasteiger partial charge on any atom is -0.407 e. The SMILES string of the molecule is O=C(Oc1ccc(Cl)cc1F)N1CCCCC1. The third kappa shape index (κ3) is 3.09. The van der Waals surface area contributed by atoms with Crippen molar-refractivity contribution in [1.29, 1.82) is 0 Å². The van der Waals surface area contributed by atoms with E-state index in [1.165, 1.54) is 12.1 Å². The molecule has 0 saturated carbocycles. The molecule has 17 heavy (non-hydrogen) atoms. The van der Waals surface area contributed by atoms with Gasteiger partial charge in [-0.25, -0.2) is 9.18 Å². The predicted octanol–water partition coefficient (Wildman–Crippen LogP) is 3.46. The van der Waals surface area contributed by atoms with E-state index in [1.54, 1.807) is 4.90 Å². The maximum Gasteiger partial charge on any atom is 0.415 e. The van der Waals surface area contributed by atoms with E-state index in [0.717, 1.165) is 25.3 Å². The molecule has 1 amide bonds. The van der Waals surface area contributed by atoms with E-state index < -0.39 is 11.9 Å². The highest BCUT2D eigenvalue weighted by molar-refractivity contribution is 6.30. The number of likely N-dealkylation sites (tertiary alicyclic amines) is 1. The van der Waals surface area contributed by atoms with Crippen LogP contribution < -0.4 is 4.74 Å². The first kappa shape index (κ1) is 12.2. The zero-order valence-corrected chi connectivity index (χ0v) is 10.0. The normalized spacial score (nSPS) is 15.8. The topological polar surface area (TPSA) is 29.5 Å². The van der Waals surface area contributed by atoms with Crippen LogP contribution in [0.4, 0.5) is 9.18 Å². The first-order valence-electron chi connectivity index (χ1n) is 5.58. The number of benzene rings is 1. The van der Waals surface area contributed by atoms with Crippen molar-refractivity contribution in [1.82, 2.24) is 4.90 Å². The second-order valence-electron chi connectivity index (χ2n) is 3.99. The van der Waals surface area contributed by atoms with Gasteiger partial charge in [0.2, 0.25) is 0 Å². The molecule has 0 aromatic heterocycles. The smallest absolute Gasteiger partial charge is 0.407 e. The van der Waals surface area contributed by atoms with Gasteiger partial charge in [-0.3, -0.25) is 0 Å². The fraction of sp³-hybridized carbons (Fsp3) is 0.417. The summed E-state index contributed by atoms with van der Waals surface area (Å²) in [6, 6.07) is 3.98. The lowest BCUT2D eigenvalue weighted by Gasteiger charge is -2.25. The summed E-state index contributed by atoms with van der Waals surface area (Å²) in [6.45, 7) is 1.35. The van der Waals surface area contributed by atoms with Gasteiger partial charge in [-0.1, -0.05) is 11.6 Å². The van der Waals surface area contributed by atoms with E-state index in [4.69, 9.17) is 16.3 Å². The van der Waals surface area contributed by atoms with Gasteiger partial charge in [-0.2, -0.15) is 0 Å². The van der Waals surface area contributed by atoms with Crippen molar-refractivity contribution in [3.05, 3.63) is 29.0 Å². The number of hydrogen-bond acceptors (Lipinski definition) is 2. The maximum atomic E-state index is 13.4. The molecule has 0 radical (unpaired) electrons. The van der Waals surface area contributed by atoms with Crippen LogP contribution in [0.1, 0.15) is 19.3 Å². The van der Waals surface area contributed by atoms with Crippen molar-refractivity contribution >= 4 is 17.7 Å². The number of carbonyl (C=O) groups is 1. The molecule has 1 aliphatic heterocycles. The molecular weight excluding hydrogens is 245 g/mol. The third-order valence-corrected chi connectivity index (χ3v) is 2.94. The first-order chi connectivity index (χ1) is 8.16. The summed E-state index contributed by atoms with van der Waals surface area (Å²) in [7, 11) is 0. The molecule has 0 unspecified atom stereocenters. The van der Waals surface area contributed by atoms with E-state index in [2.05, 4.69) is 0 Å². The van der Waals surface area contributed by atoms with Gasteiger partial charge in [0.15, 0.2) is 11.6 Å². The van der Waals surface area contributed by atoms with Crippen LogP contribution in [-0.2, 0) is 0 Å². The Morgan fingerprint density at radius 3 is 2.65 bits per heavy atom. The van der Waals surface area contributed by atoms with Crippen molar-refractivity contribution in [2.24, 2.45) is 0 Å². The van der Waals surface area contributed by atoms with Gasteiger partial charge in [0.05, 0.1) is 0 Å². The lowest BCUT2D eigenvalue weighted by Crippen LogP contribution is -2.37. The van der Waals surface area contributed by atoms with Crippen LogP contribution in [0.15, 0.2) is 18.2 Å². The Kier molecular flexibility index (Phi) is 3.84. The van der Waals surface area contributed by atoms with Gasteiger partial charge in [0.1, 0.15) is 0 Å². The Balaban J connectivity index is 2.02. The molecule has 92 valence electrons. The maximum absolute atomic E-state index is 13.4. The summed E-state index contributed by atoms with van der Waals surface area (Å²) in [4.78, 5) is 13.3. The number of halogens is 2. The number of carbonyl (C=O) groups excluding carboxylic acids is 1. The van der Waals surface area contributed by atoms with Crippen LogP contribution in [0.3, 0.4) is 0 Å². The summed E-state index contributed by atoms with van der Waals surface area (Å²) < 4.78 is 18.4. The molecule has 1 saturated heterocycles. The van der Waals surface area contributed by atoms with E-state index >= 15 is 0 Å². The molecule has 0 N–H and O–H groups in total. The van der Waals surface area contributed by atoms with Gasteiger partial charge in [-0.05, 0) is 37.5 Å². The first-order valence-corrected chi connectivity index (χ1v) is 5.96. The lowest BCUT2D eigenvalue weighted by molar-refractivity contribution is 0.141. The monoisotopic (exact) mass is 257 g/mol. The number of rotatable bonds is 1. The summed E-state index contributed by atoms with van der Waals surface area (Å²) in [6.07, 6.45) is 2.57. The molecule has 1 aromatic carbocycles. The van der Waals surface area contributed by atoms with E-state index in [0.29, 0.717) is 13.1 Å². The molecule has 5 heteroatoms. The molecule has 0 aliphatic carbocycles. The van der Waals surface area contributed by atoms with E-state index in [-0.39, 0.29) is 10.8 Å². The number of hydrogen-bond donors (Lipinski definition) is 0. The highest BCUT2D eigenvalue weighted by Gasteiger charge is 2.19. The quantitative estimate of drug-likeness (QED) is 0.771. The van der Waals surface area contributed by atoms with Crippen LogP contribution in [0.25, 0.3) is 0 Å². The summed E-state index contributed by atoms with van der Waals surface area (Å²) in [5, 5.41) is 0.278. The molecule has 0 spiro atoms. The van der Waals surface area contributed by atoms with Gasteiger partial charge in [-0.15, -0.1) is 0 Å². The minimum atomic E-state index is -0.622. The van der Waals surface area contributed by atoms with Gasteiger partial charge >= 0.3 is 6.09 Å². The van der Waals surface area contributed by atoms with Gasteiger partial charge in [0, 0.05) is 18.1 Å². The molecule has 3 nitrogen and oxygen atoms in total. The fourth-order valence-electron chi connectivity index (χ4n) is 1.79. The molecule has 2 rings (SSSR count). The van der Waals surface area contributed by atoms with Crippen molar-refractivity contribution in [3.63, 3.8) is 0 Å². The van der Waals surface area contributed by atoms with Gasteiger partial charge in [0.25, 0.3) is 0 Å². The molecule has 0 atom stereocenters. The second kappa shape index (κ2) is 5.36. The second-order valence-corrected chi connectivity index (χ2v) is 4.43. The molecular formula is C12H13ClFNO2. The van der Waals surface area contributed by atoms with Crippen LogP contribution in [0, 0.1) is 5.82 Å². The Bertz CT molecular complexity index is 419. The van der Waals surface area contributed by atoms with Crippen molar-refractivity contribution in [2.75, 3.05) is 13.1 Å². The fourth-order valence-corrected chi connectivity index (χ4v) is 1.95. The number of piperidine rings is 1. The van der Waals surface area contributed by atoms with Crippen LogP contribution in [0.5, 0.6) is 5.75 Å². The Labute approximate surface area is 104 Å². The highest BCUT2D eigenvalue weighted by Crippen LogP contribution is 2.22. The van der Waals surface area contributed by atoms with E-state index in [9.17, 15) is 9.18 Å². The average molecular weight is 258 g/mol. The van der Waals surface area contributed by atoms with Crippen LogP contribution in [-0.4, -0.2) is 24.1 Å². The Hall–Kier alpha value is -1.29. The molecule has 1 heterocycles. The summed E-state index contributed by atoms with van der Waals surface area (Å²) in [5.74, 6) is -0.701. The molecule has 1 fully saturated rings. The predicted molar refractivity (Wildman–Crippen MR) is 62.9 cm³/mol. The summed E-state index contributed by atoms with van der Waals surface area (Å²) in [5.41, 5.74) is 0. The highest BCUT2D eigenvalue weighted by atomic mass is 35.5. The van der Waals surface area contributed by atoms with Gasteiger partial charge < -0.3 is 9.64 Å². The molecule has 1 aromatic rings. The van der Waals surface area contributed by atoms with Crippen molar-refractivity contribution < 1.29 is 13.9 Å². The van der Waals surface area contributed by atoms with E-state index in [1.807, 2.05) is 0 Å². The van der Waals surface area contributed by atoms with Crippen LogP contribution in [0.2, 0.25) is 5.02 Å². The molecule has 1 aliphatic rings. The molecule has 0 bridgehead atoms. The lowest BCUT2D eigenvalue weighted by atomic mass is 10.1. The number of amides is 1. The summed E-state index contributed by atoms with van der Waals surface area (Å²) >= 11 is 5.61.